The standard InChI is InChI=1S/C21H22N4O2/c1-4-24-16-10-9-14(12-17(16)25(5-2)21(24)26)18-19(23-27-20(18)22)15-8-6-7-13(3)11-15/h6-12H,4-5,22H2,1-3H3. The monoisotopic (exact) mass is 362 g/mol. The van der Waals surface area contributed by atoms with Crippen molar-refractivity contribution in [2.24, 2.45) is 0 Å². The molecule has 0 unspecified atom stereocenters. The summed E-state index contributed by atoms with van der Waals surface area (Å²) in [5.74, 6) is 0.270. The smallest absolute Gasteiger partial charge is 0.329 e. The summed E-state index contributed by atoms with van der Waals surface area (Å²) in [6.07, 6.45) is 0. The van der Waals surface area contributed by atoms with E-state index in [-0.39, 0.29) is 11.6 Å². The first-order valence-electron chi connectivity index (χ1n) is 9.10. The number of aryl methyl sites for hydroxylation is 3. The number of imidazole rings is 1. The molecule has 0 saturated heterocycles. The van der Waals surface area contributed by atoms with E-state index in [1.54, 1.807) is 9.13 Å². The average Bonchev–Trinajstić information content (AvgIpc) is 3.17. The van der Waals surface area contributed by atoms with Crippen molar-refractivity contribution >= 4 is 16.9 Å². The largest absolute Gasteiger partial charge is 0.367 e. The van der Waals surface area contributed by atoms with E-state index < -0.39 is 0 Å². The number of aromatic nitrogens is 3. The van der Waals surface area contributed by atoms with Crippen molar-refractivity contribution in [2.75, 3.05) is 5.73 Å². The van der Waals surface area contributed by atoms with Crippen LogP contribution < -0.4 is 11.4 Å². The summed E-state index contributed by atoms with van der Waals surface area (Å²) in [5.41, 5.74) is 12.4. The van der Waals surface area contributed by atoms with Crippen LogP contribution in [-0.4, -0.2) is 14.3 Å². The van der Waals surface area contributed by atoms with E-state index in [4.69, 9.17) is 10.3 Å². The molecule has 0 atom stereocenters. The van der Waals surface area contributed by atoms with Crippen molar-refractivity contribution in [3.8, 4) is 22.4 Å². The zero-order valence-corrected chi connectivity index (χ0v) is 15.7. The van der Waals surface area contributed by atoms with Gasteiger partial charge in [-0.05, 0) is 44.5 Å². The van der Waals surface area contributed by atoms with Gasteiger partial charge in [-0.25, -0.2) is 4.79 Å². The molecular formula is C21H22N4O2. The number of hydrogen-bond donors (Lipinski definition) is 1. The lowest BCUT2D eigenvalue weighted by molar-refractivity contribution is 0.439. The number of hydrogen-bond acceptors (Lipinski definition) is 4. The molecule has 0 spiro atoms. The lowest BCUT2D eigenvalue weighted by Crippen LogP contribution is -2.22. The predicted molar refractivity (Wildman–Crippen MR) is 108 cm³/mol. The number of fused-ring (bicyclic) bond motifs is 1. The minimum Gasteiger partial charge on any atom is -0.367 e. The van der Waals surface area contributed by atoms with Crippen molar-refractivity contribution in [3.05, 3.63) is 58.5 Å². The lowest BCUT2D eigenvalue weighted by Gasteiger charge is -2.06. The molecule has 138 valence electrons. The molecule has 0 fully saturated rings. The van der Waals surface area contributed by atoms with E-state index in [2.05, 4.69) is 11.2 Å². The van der Waals surface area contributed by atoms with E-state index in [0.717, 1.165) is 33.3 Å². The summed E-state index contributed by atoms with van der Waals surface area (Å²) in [5, 5.41) is 4.19. The average molecular weight is 362 g/mol. The fourth-order valence-corrected chi connectivity index (χ4v) is 3.66. The number of nitrogens with two attached hydrogens (primary N) is 1. The number of anilines is 1. The van der Waals surface area contributed by atoms with E-state index >= 15 is 0 Å². The Labute approximate surface area is 156 Å². The zero-order valence-electron chi connectivity index (χ0n) is 15.7. The van der Waals surface area contributed by atoms with Crippen molar-refractivity contribution in [3.63, 3.8) is 0 Å². The Kier molecular flexibility index (Phi) is 4.11. The maximum atomic E-state index is 12.6. The second-order valence-corrected chi connectivity index (χ2v) is 6.61. The Morgan fingerprint density at radius 3 is 2.44 bits per heavy atom. The molecule has 2 heterocycles. The first kappa shape index (κ1) is 17.1. The molecule has 4 rings (SSSR count). The summed E-state index contributed by atoms with van der Waals surface area (Å²) in [6.45, 7) is 7.22. The molecule has 0 bridgehead atoms. The maximum absolute atomic E-state index is 12.6. The summed E-state index contributed by atoms with van der Waals surface area (Å²) in [7, 11) is 0. The minimum atomic E-state index is 0.00403. The van der Waals surface area contributed by atoms with Crippen molar-refractivity contribution in [2.45, 2.75) is 33.9 Å². The second-order valence-electron chi connectivity index (χ2n) is 6.61. The van der Waals surface area contributed by atoms with Crippen LogP contribution in [0.15, 0.2) is 51.8 Å². The molecular weight excluding hydrogens is 340 g/mol. The van der Waals surface area contributed by atoms with Gasteiger partial charge in [0.25, 0.3) is 0 Å². The molecule has 0 amide bonds. The van der Waals surface area contributed by atoms with Crippen LogP contribution >= 0.6 is 0 Å². The highest BCUT2D eigenvalue weighted by Crippen LogP contribution is 2.37. The number of nitrogens with zero attached hydrogens (tertiary/aromatic N) is 3. The SMILES string of the molecule is CCn1c(=O)n(CC)c2cc(-c3c(-c4cccc(C)c4)noc3N)ccc21. The predicted octanol–water partition coefficient (Wildman–Crippen LogP) is 4.06. The van der Waals surface area contributed by atoms with E-state index in [1.807, 2.05) is 57.2 Å². The van der Waals surface area contributed by atoms with Gasteiger partial charge >= 0.3 is 5.69 Å². The fraction of sp³-hybridized carbons (Fsp3) is 0.238. The Bertz CT molecular complexity index is 1200. The second kappa shape index (κ2) is 6.46. The summed E-state index contributed by atoms with van der Waals surface area (Å²) in [4.78, 5) is 12.6. The van der Waals surface area contributed by atoms with Gasteiger partial charge in [0.15, 0.2) is 0 Å². The van der Waals surface area contributed by atoms with Gasteiger partial charge in [0.1, 0.15) is 5.69 Å². The summed E-state index contributed by atoms with van der Waals surface area (Å²) in [6, 6.07) is 14.0. The third-order valence-electron chi connectivity index (χ3n) is 4.95. The van der Waals surface area contributed by atoms with E-state index in [1.165, 1.54) is 0 Å². The first-order chi connectivity index (χ1) is 13.0. The number of rotatable bonds is 4. The van der Waals surface area contributed by atoms with Crippen LogP contribution in [-0.2, 0) is 13.1 Å². The Hall–Kier alpha value is -3.28. The quantitative estimate of drug-likeness (QED) is 0.594. The number of nitrogen functional groups attached to an aromatic ring is 1. The highest BCUT2D eigenvalue weighted by molar-refractivity contribution is 5.91. The van der Waals surface area contributed by atoms with Crippen LogP contribution in [0.4, 0.5) is 5.88 Å². The number of benzene rings is 2. The van der Waals surface area contributed by atoms with Crippen molar-refractivity contribution in [1.82, 2.24) is 14.3 Å². The zero-order chi connectivity index (χ0) is 19.1. The molecule has 6 heteroatoms. The molecule has 0 radical (unpaired) electrons. The van der Waals surface area contributed by atoms with Gasteiger partial charge in [0.2, 0.25) is 5.88 Å². The molecule has 2 aromatic heterocycles. The van der Waals surface area contributed by atoms with E-state index in [9.17, 15) is 4.79 Å². The van der Waals surface area contributed by atoms with Crippen LogP contribution in [0.2, 0.25) is 0 Å². The van der Waals surface area contributed by atoms with Crippen LogP contribution in [0.1, 0.15) is 19.4 Å². The molecule has 0 aliphatic rings. The Morgan fingerprint density at radius 2 is 1.74 bits per heavy atom. The van der Waals surface area contributed by atoms with Crippen LogP contribution in [0, 0.1) is 6.92 Å². The Balaban J connectivity index is 1.96. The molecule has 4 aromatic rings. The molecule has 2 N–H and O–H groups in total. The third kappa shape index (κ3) is 2.65. The normalized spacial score (nSPS) is 11.4. The molecule has 2 aromatic carbocycles. The first-order valence-corrected chi connectivity index (χ1v) is 9.10. The third-order valence-corrected chi connectivity index (χ3v) is 4.95. The highest BCUT2D eigenvalue weighted by atomic mass is 16.5. The topological polar surface area (TPSA) is 79.0 Å². The summed E-state index contributed by atoms with van der Waals surface area (Å²) >= 11 is 0. The van der Waals surface area contributed by atoms with Gasteiger partial charge in [-0.1, -0.05) is 35.0 Å². The summed E-state index contributed by atoms with van der Waals surface area (Å²) < 4.78 is 8.87. The molecule has 6 nitrogen and oxygen atoms in total. The van der Waals surface area contributed by atoms with Gasteiger partial charge in [-0.15, -0.1) is 0 Å². The maximum Gasteiger partial charge on any atom is 0.329 e. The van der Waals surface area contributed by atoms with Crippen LogP contribution in [0.5, 0.6) is 0 Å². The van der Waals surface area contributed by atoms with Crippen molar-refractivity contribution in [1.29, 1.82) is 0 Å². The van der Waals surface area contributed by atoms with Gasteiger partial charge in [-0.2, -0.15) is 0 Å². The lowest BCUT2D eigenvalue weighted by atomic mass is 9.99. The van der Waals surface area contributed by atoms with Crippen LogP contribution in [0.25, 0.3) is 33.4 Å². The van der Waals surface area contributed by atoms with E-state index in [0.29, 0.717) is 18.8 Å². The highest BCUT2D eigenvalue weighted by Gasteiger charge is 2.19. The van der Waals surface area contributed by atoms with Gasteiger partial charge in [0, 0.05) is 18.7 Å². The fourth-order valence-electron chi connectivity index (χ4n) is 3.66. The molecule has 0 aliphatic carbocycles. The van der Waals surface area contributed by atoms with Gasteiger partial charge in [0.05, 0.1) is 16.6 Å². The van der Waals surface area contributed by atoms with Gasteiger partial charge < -0.3 is 10.3 Å². The van der Waals surface area contributed by atoms with Gasteiger partial charge in [-0.3, -0.25) is 9.13 Å². The van der Waals surface area contributed by atoms with Crippen LogP contribution in [0.3, 0.4) is 0 Å². The van der Waals surface area contributed by atoms with Crippen molar-refractivity contribution < 1.29 is 4.52 Å². The molecule has 27 heavy (non-hydrogen) atoms. The molecule has 0 saturated carbocycles. The Morgan fingerprint density at radius 1 is 1.00 bits per heavy atom. The minimum absolute atomic E-state index is 0.00403. The molecule has 0 aliphatic heterocycles.